The van der Waals surface area contributed by atoms with Gasteiger partial charge in [0.2, 0.25) is 0 Å². The molecule has 0 saturated heterocycles. The van der Waals surface area contributed by atoms with Crippen molar-refractivity contribution in [1.82, 2.24) is 0 Å². The summed E-state index contributed by atoms with van der Waals surface area (Å²) in [4.78, 5) is 38.2. The Labute approximate surface area is 491 Å². The van der Waals surface area contributed by atoms with E-state index >= 15 is 0 Å². The van der Waals surface area contributed by atoms with Crippen molar-refractivity contribution in [2.75, 3.05) is 13.2 Å². The topological polar surface area (TPSA) is 78.9 Å². The highest BCUT2D eigenvalue weighted by Crippen LogP contribution is 2.19. The van der Waals surface area contributed by atoms with Gasteiger partial charge in [-0.25, -0.2) is 0 Å². The van der Waals surface area contributed by atoms with Crippen LogP contribution in [0.1, 0.15) is 367 Å². The maximum Gasteiger partial charge on any atom is 0.310 e. The summed E-state index contributed by atoms with van der Waals surface area (Å²) < 4.78 is 16.8. The molecule has 0 saturated carbocycles. The molecule has 1 atom stereocenters. The SMILES string of the molecule is CC/C=C\C/C=C\C/C=C\C/C=C\C/C=C\CC(=O)OC(COC(=O)CCCCCCCCCCCCCC)COC(=O)CCCCCCCCCCCCCCCCCCCCCCCCCCCCCCCCCCCC. The lowest BCUT2D eigenvalue weighted by Gasteiger charge is -2.18. The Morgan fingerprint density at radius 3 is 0.722 bits per heavy atom. The Balaban J connectivity index is 4.09. The first-order valence-corrected chi connectivity index (χ1v) is 34.8. The molecular weight excluding hydrogens is 973 g/mol. The fraction of sp³-hybridized carbons (Fsp3) is 0.822. The lowest BCUT2D eigenvalue weighted by atomic mass is 10.0. The summed E-state index contributed by atoms with van der Waals surface area (Å²) >= 11 is 0. The molecule has 0 fully saturated rings. The summed E-state index contributed by atoms with van der Waals surface area (Å²) in [6, 6.07) is 0. The van der Waals surface area contributed by atoms with Crippen LogP contribution in [-0.4, -0.2) is 37.2 Å². The third-order valence-corrected chi connectivity index (χ3v) is 15.6. The second-order valence-corrected chi connectivity index (χ2v) is 23.4. The predicted octanol–water partition coefficient (Wildman–Crippen LogP) is 23.9. The Kier molecular flexibility index (Phi) is 65.1. The highest BCUT2D eigenvalue weighted by atomic mass is 16.6. The summed E-state index contributed by atoms with van der Waals surface area (Å²) in [6.07, 6.45) is 87.4. The number of carbonyl (C=O) groups excluding carboxylic acids is 3. The molecule has 6 heteroatoms. The van der Waals surface area contributed by atoms with Gasteiger partial charge >= 0.3 is 17.9 Å². The van der Waals surface area contributed by atoms with E-state index in [4.69, 9.17) is 14.2 Å². The Bertz CT molecular complexity index is 1410. The van der Waals surface area contributed by atoms with Gasteiger partial charge in [0.25, 0.3) is 0 Å². The second-order valence-electron chi connectivity index (χ2n) is 23.4. The number of esters is 3. The Morgan fingerprint density at radius 2 is 0.481 bits per heavy atom. The third-order valence-electron chi connectivity index (χ3n) is 15.6. The van der Waals surface area contributed by atoms with Crippen LogP contribution in [-0.2, 0) is 28.6 Å². The van der Waals surface area contributed by atoms with E-state index in [0.717, 1.165) is 70.6 Å². The van der Waals surface area contributed by atoms with E-state index in [1.807, 2.05) is 6.08 Å². The molecule has 0 aromatic heterocycles. The number of rotatable bonds is 64. The normalized spacial score (nSPS) is 12.4. The molecule has 0 bridgehead atoms. The molecule has 460 valence electrons. The van der Waals surface area contributed by atoms with Crippen molar-refractivity contribution in [3.63, 3.8) is 0 Å². The Hall–Kier alpha value is -2.89. The molecule has 0 aliphatic rings. The van der Waals surface area contributed by atoms with Gasteiger partial charge in [-0.1, -0.05) is 364 Å². The quantitative estimate of drug-likeness (QED) is 0.0261. The van der Waals surface area contributed by atoms with E-state index in [0.29, 0.717) is 12.8 Å². The molecule has 0 N–H and O–H groups in total. The first-order valence-electron chi connectivity index (χ1n) is 34.8. The summed E-state index contributed by atoms with van der Waals surface area (Å²) in [5.41, 5.74) is 0. The van der Waals surface area contributed by atoms with Gasteiger partial charge < -0.3 is 14.2 Å². The van der Waals surface area contributed by atoms with Gasteiger partial charge in [0.1, 0.15) is 13.2 Å². The molecule has 0 heterocycles. The van der Waals surface area contributed by atoms with Crippen molar-refractivity contribution in [1.29, 1.82) is 0 Å². The standard InChI is InChI=1S/C73H132O6/c1-4-7-10-13-16-19-22-25-27-28-29-30-31-32-33-34-35-36-37-38-39-40-41-42-43-44-45-47-48-51-54-57-60-63-66-72(75)78-69-70(68-77-71(74)65-62-59-56-53-50-24-21-18-15-12-9-6-3)79-73(76)67-64-61-58-55-52-49-46-26-23-20-17-14-11-8-5-2/h8,11,17,20,26,46,52,55,61,64,70H,4-7,9-10,12-16,18-19,21-25,27-45,47-51,53-54,56-60,62-63,65-69H2,1-3H3/b11-8-,20-17-,46-26-,55-52-,64-61-. The van der Waals surface area contributed by atoms with Crippen molar-refractivity contribution < 1.29 is 28.6 Å². The van der Waals surface area contributed by atoms with E-state index in [1.54, 1.807) is 6.08 Å². The van der Waals surface area contributed by atoms with Crippen molar-refractivity contribution in [3.05, 3.63) is 60.8 Å². The van der Waals surface area contributed by atoms with E-state index in [-0.39, 0.29) is 31.6 Å². The second kappa shape index (κ2) is 67.6. The summed E-state index contributed by atoms with van der Waals surface area (Å²) in [5.74, 6) is -1.02. The number of hydrogen-bond acceptors (Lipinski definition) is 6. The van der Waals surface area contributed by atoms with Crippen molar-refractivity contribution in [3.8, 4) is 0 Å². The Morgan fingerprint density at radius 1 is 0.266 bits per heavy atom. The lowest BCUT2D eigenvalue weighted by Crippen LogP contribution is -2.30. The molecule has 0 aromatic carbocycles. The van der Waals surface area contributed by atoms with Crippen LogP contribution in [0.3, 0.4) is 0 Å². The lowest BCUT2D eigenvalue weighted by molar-refractivity contribution is -0.166. The van der Waals surface area contributed by atoms with Crippen molar-refractivity contribution in [2.45, 2.75) is 374 Å². The van der Waals surface area contributed by atoms with Crippen LogP contribution in [0.15, 0.2) is 60.8 Å². The predicted molar refractivity (Wildman–Crippen MR) is 344 cm³/mol. The average molecular weight is 1110 g/mol. The molecular formula is C73H132O6. The minimum Gasteiger partial charge on any atom is -0.462 e. The molecule has 0 aliphatic carbocycles. The number of hydrogen-bond donors (Lipinski definition) is 0. The number of carbonyl (C=O) groups is 3. The summed E-state index contributed by atoms with van der Waals surface area (Å²) in [6.45, 7) is 6.49. The van der Waals surface area contributed by atoms with Crippen LogP contribution in [0.2, 0.25) is 0 Å². The number of unbranched alkanes of at least 4 members (excludes halogenated alkanes) is 44. The van der Waals surface area contributed by atoms with Gasteiger partial charge in [-0.15, -0.1) is 0 Å². The maximum atomic E-state index is 12.8. The number of ether oxygens (including phenoxy) is 3. The van der Waals surface area contributed by atoms with Crippen molar-refractivity contribution in [2.24, 2.45) is 0 Å². The first kappa shape index (κ1) is 76.1. The molecule has 0 radical (unpaired) electrons. The monoisotopic (exact) mass is 1110 g/mol. The number of allylic oxidation sites excluding steroid dienone is 9. The molecule has 79 heavy (non-hydrogen) atoms. The minimum absolute atomic E-state index is 0.102. The molecule has 1 unspecified atom stereocenters. The van der Waals surface area contributed by atoms with Crippen LogP contribution in [0.5, 0.6) is 0 Å². The fourth-order valence-electron chi connectivity index (χ4n) is 10.4. The summed E-state index contributed by atoms with van der Waals surface area (Å²) in [5, 5.41) is 0. The van der Waals surface area contributed by atoms with E-state index in [2.05, 4.69) is 69.4 Å². The molecule has 0 rings (SSSR count). The first-order chi connectivity index (χ1) is 39.0. The van der Waals surface area contributed by atoms with E-state index < -0.39 is 12.1 Å². The fourth-order valence-corrected chi connectivity index (χ4v) is 10.4. The van der Waals surface area contributed by atoms with E-state index in [1.165, 1.54) is 257 Å². The molecule has 0 amide bonds. The van der Waals surface area contributed by atoms with Gasteiger partial charge in [-0.2, -0.15) is 0 Å². The van der Waals surface area contributed by atoms with Crippen LogP contribution in [0.4, 0.5) is 0 Å². The zero-order chi connectivity index (χ0) is 57.1. The van der Waals surface area contributed by atoms with E-state index in [9.17, 15) is 14.4 Å². The molecule has 0 aliphatic heterocycles. The highest BCUT2D eigenvalue weighted by molar-refractivity contribution is 5.72. The minimum atomic E-state index is -0.826. The molecule has 6 nitrogen and oxygen atoms in total. The van der Waals surface area contributed by atoms with Crippen LogP contribution in [0.25, 0.3) is 0 Å². The largest absolute Gasteiger partial charge is 0.462 e. The van der Waals surface area contributed by atoms with Crippen molar-refractivity contribution >= 4 is 17.9 Å². The van der Waals surface area contributed by atoms with Gasteiger partial charge in [0.05, 0.1) is 6.42 Å². The third kappa shape index (κ3) is 65.8. The zero-order valence-electron chi connectivity index (χ0n) is 52.9. The van der Waals surface area contributed by atoms with Gasteiger partial charge in [0, 0.05) is 12.8 Å². The molecule has 0 spiro atoms. The van der Waals surface area contributed by atoms with Gasteiger partial charge in [-0.3, -0.25) is 14.4 Å². The smallest absolute Gasteiger partial charge is 0.310 e. The average Bonchev–Trinajstić information content (AvgIpc) is 3.45. The zero-order valence-corrected chi connectivity index (χ0v) is 52.9. The van der Waals surface area contributed by atoms with Crippen LogP contribution in [0, 0.1) is 0 Å². The van der Waals surface area contributed by atoms with Gasteiger partial charge in [0.15, 0.2) is 6.10 Å². The van der Waals surface area contributed by atoms with Crippen LogP contribution < -0.4 is 0 Å². The molecule has 0 aromatic rings. The highest BCUT2D eigenvalue weighted by Gasteiger charge is 2.19. The summed E-state index contributed by atoms with van der Waals surface area (Å²) in [7, 11) is 0. The van der Waals surface area contributed by atoms with Crippen LogP contribution >= 0.6 is 0 Å². The van der Waals surface area contributed by atoms with Gasteiger partial charge in [-0.05, 0) is 44.9 Å². The maximum absolute atomic E-state index is 12.8.